The smallest absolute Gasteiger partial charge is 0.206 e. The Morgan fingerprint density at radius 1 is 1.33 bits per heavy atom. The first-order valence-electron chi connectivity index (χ1n) is 3.42. The lowest BCUT2D eigenvalue weighted by atomic mass is 10.2. The molecule has 0 heterocycles. The molecule has 1 aromatic carbocycles. The van der Waals surface area contributed by atoms with Gasteiger partial charge in [0.25, 0.3) is 0 Å². The Morgan fingerprint density at radius 3 is 2.25 bits per heavy atom. The molecule has 64 valence electrons. The van der Waals surface area contributed by atoms with E-state index in [1.54, 1.807) is 0 Å². The molecule has 0 N–H and O–H groups in total. The summed E-state index contributed by atoms with van der Waals surface area (Å²) in [5.41, 5.74) is -0.0823. The molecule has 0 saturated carbocycles. The molecule has 0 saturated heterocycles. The van der Waals surface area contributed by atoms with Crippen LogP contribution in [0.4, 0.5) is 8.78 Å². The first kappa shape index (κ1) is 9.27. The topological polar surface area (TPSA) is 17.1 Å². The summed E-state index contributed by atoms with van der Waals surface area (Å²) in [5.74, 6) is -1.25. The van der Waals surface area contributed by atoms with Gasteiger partial charge in [0.1, 0.15) is 18.3 Å². The lowest BCUT2D eigenvalue weighted by Crippen LogP contribution is -1.91. The number of benzene rings is 1. The zero-order valence-corrected chi connectivity index (χ0v) is 7.44. The van der Waals surface area contributed by atoms with E-state index in [2.05, 4.69) is 0 Å². The van der Waals surface area contributed by atoms with E-state index in [0.29, 0.717) is 0 Å². The van der Waals surface area contributed by atoms with E-state index in [1.807, 2.05) is 0 Å². The van der Waals surface area contributed by atoms with Crippen molar-refractivity contribution >= 4 is 7.80 Å². The maximum absolute atomic E-state index is 12.8. The molecule has 1 unspecified atom stereocenters. The third-order valence-corrected chi connectivity index (χ3v) is 2.20. The minimum atomic E-state index is -1.54. The quantitative estimate of drug-likeness (QED) is 0.653. The Morgan fingerprint density at radius 2 is 1.83 bits per heavy atom. The highest BCUT2D eigenvalue weighted by atomic mass is 31.1. The molecule has 0 fully saturated rings. The number of hydrogen-bond acceptors (Lipinski definition) is 1. The molecule has 1 atom stereocenters. The predicted octanol–water partition coefficient (Wildman–Crippen LogP) is 2.92. The van der Waals surface area contributed by atoms with Crippen LogP contribution < -0.4 is 0 Å². The molecular weight excluding hydrogens is 181 g/mol. The van der Waals surface area contributed by atoms with Gasteiger partial charge in [-0.1, -0.05) is 10.6 Å². The van der Waals surface area contributed by atoms with Crippen LogP contribution in [0.5, 0.6) is 0 Å². The maximum Gasteiger partial charge on any atom is 0.340 e. The molecule has 0 aliphatic carbocycles. The second-order valence-electron chi connectivity index (χ2n) is 2.49. The van der Waals surface area contributed by atoms with Gasteiger partial charge in [-0.2, -0.15) is 0 Å². The molecule has 4 heteroatoms. The summed E-state index contributed by atoms with van der Waals surface area (Å²) < 4.78 is 36.4. The van der Waals surface area contributed by atoms with E-state index in [1.165, 1.54) is 12.7 Å². The average molecular weight is 189 g/mol. The van der Waals surface area contributed by atoms with Crippen LogP contribution in [0.2, 0.25) is 0 Å². The third kappa shape index (κ3) is 2.08. The fraction of sp³-hybridized carbons (Fsp3) is 0.250. The minimum absolute atomic E-state index is 0.0339. The van der Waals surface area contributed by atoms with Crippen LogP contribution in [0.15, 0.2) is 18.2 Å². The highest BCUT2D eigenvalue weighted by Crippen LogP contribution is 2.25. The highest BCUT2D eigenvalue weighted by molar-refractivity contribution is 7.42. The van der Waals surface area contributed by atoms with Crippen LogP contribution in [-0.2, 0) is 10.7 Å². The van der Waals surface area contributed by atoms with E-state index in [-0.39, 0.29) is 11.7 Å². The number of halogens is 2. The zero-order valence-electron chi connectivity index (χ0n) is 6.55. The molecule has 0 spiro atoms. The summed E-state index contributed by atoms with van der Waals surface area (Å²) >= 11 is 0. The summed E-state index contributed by atoms with van der Waals surface area (Å²) in [5, 5.41) is 0. The normalized spacial score (nSPS) is 11.4. The molecule has 0 aliphatic rings. The second kappa shape index (κ2) is 3.72. The molecule has 1 nitrogen and oxygen atoms in total. The largest absolute Gasteiger partial charge is 0.340 e. The predicted molar refractivity (Wildman–Crippen MR) is 43.6 cm³/mol. The first-order chi connectivity index (χ1) is 5.61. The van der Waals surface area contributed by atoms with Crippen LogP contribution in [0.1, 0.15) is 5.56 Å². The van der Waals surface area contributed by atoms with Gasteiger partial charge in [-0.05, 0) is 12.1 Å². The van der Waals surface area contributed by atoms with Crippen LogP contribution in [-0.4, -0.2) is 6.66 Å². The van der Waals surface area contributed by atoms with Crippen LogP contribution in [0.3, 0.4) is 0 Å². The van der Waals surface area contributed by atoms with Crippen molar-refractivity contribution < 1.29 is 13.3 Å². The molecule has 1 aromatic rings. The summed E-state index contributed by atoms with van der Waals surface area (Å²) in [4.78, 5) is 0. The van der Waals surface area contributed by atoms with Crippen LogP contribution in [0, 0.1) is 11.6 Å². The van der Waals surface area contributed by atoms with Gasteiger partial charge >= 0.3 is 7.80 Å². The van der Waals surface area contributed by atoms with Gasteiger partial charge < -0.3 is 0 Å². The standard InChI is InChI=1S/C8H8F2OP/c1-12(11)5-6-7(9)3-2-4-8(6)10/h2-4H,5H2,1H3/q+1. The number of hydrogen-bond donors (Lipinski definition) is 0. The van der Waals surface area contributed by atoms with Gasteiger partial charge in [-0.3, -0.25) is 0 Å². The van der Waals surface area contributed by atoms with Gasteiger partial charge in [-0.15, -0.1) is 0 Å². The van der Waals surface area contributed by atoms with Gasteiger partial charge in [0, 0.05) is 0 Å². The van der Waals surface area contributed by atoms with Crippen molar-refractivity contribution in [2.45, 2.75) is 6.16 Å². The van der Waals surface area contributed by atoms with Crippen molar-refractivity contribution in [2.75, 3.05) is 6.66 Å². The van der Waals surface area contributed by atoms with Crippen molar-refractivity contribution in [3.8, 4) is 0 Å². The minimum Gasteiger partial charge on any atom is -0.206 e. The molecule has 1 rings (SSSR count). The Balaban J connectivity index is 3.04. The highest BCUT2D eigenvalue weighted by Gasteiger charge is 2.16. The molecular formula is C8H8F2OP+. The second-order valence-corrected chi connectivity index (χ2v) is 4.06. The molecule has 0 bridgehead atoms. The van der Waals surface area contributed by atoms with Crippen molar-refractivity contribution in [1.29, 1.82) is 0 Å². The maximum atomic E-state index is 12.8. The van der Waals surface area contributed by atoms with Gasteiger partial charge in [-0.25, -0.2) is 8.78 Å². The lowest BCUT2D eigenvalue weighted by molar-refractivity contribution is 0.558. The van der Waals surface area contributed by atoms with Crippen molar-refractivity contribution in [2.24, 2.45) is 0 Å². The van der Waals surface area contributed by atoms with Crippen molar-refractivity contribution in [3.63, 3.8) is 0 Å². The SMILES string of the molecule is C[P+](=O)Cc1c(F)cccc1F. The van der Waals surface area contributed by atoms with Crippen LogP contribution in [0.25, 0.3) is 0 Å². The van der Waals surface area contributed by atoms with E-state index in [0.717, 1.165) is 12.1 Å². The van der Waals surface area contributed by atoms with Crippen molar-refractivity contribution in [3.05, 3.63) is 35.4 Å². The molecule has 0 radical (unpaired) electrons. The Labute approximate surface area is 70.2 Å². The average Bonchev–Trinajstić information content (AvgIpc) is 1.97. The molecule has 0 amide bonds. The van der Waals surface area contributed by atoms with E-state index >= 15 is 0 Å². The Kier molecular flexibility index (Phi) is 2.88. The fourth-order valence-electron chi connectivity index (χ4n) is 0.906. The first-order valence-corrected chi connectivity index (χ1v) is 5.31. The fourth-order valence-corrected chi connectivity index (χ4v) is 1.65. The molecule has 0 aliphatic heterocycles. The summed E-state index contributed by atoms with van der Waals surface area (Å²) in [6.45, 7) is 1.45. The Hall–Kier alpha value is -0.820. The van der Waals surface area contributed by atoms with E-state index < -0.39 is 19.4 Å². The third-order valence-electron chi connectivity index (χ3n) is 1.44. The molecule has 0 aromatic heterocycles. The van der Waals surface area contributed by atoms with Crippen LogP contribution >= 0.6 is 7.80 Å². The van der Waals surface area contributed by atoms with Gasteiger partial charge in [0.05, 0.1) is 5.56 Å². The zero-order chi connectivity index (χ0) is 9.14. The van der Waals surface area contributed by atoms with Crippen molar-refractivity contribution in [1.82, 2.24) is 0 Å². The summed E-state index contributed by atoms with van der Waals surface area (Å²) in [6.07, 6.45) is -0.0339. The van der Waals surface area contributed by atoms with Gasteiger partial charge in [0.15, 0.2) is 6.16 Å². The van der Waals surface area contributed by atoms with E-state index in [9.17, 15) is 13.3 Å². The summed E-state index contributed by atoms with van der Waals surface area (Å²) in [6, 6.07) is 3.62. The molecule has 12 heavy (non-hydrogen) atoms. The lowest BCUT2D eigenvalue weighted by Gasteiger charge is -1.96. The monoisotopic (exact) mass is 189 g/mol. The summed E-state index contributed by atoms with van der Waals surface area (Å²) in [7, 11) is -1.54. The van der Waals surface area contributed by atoms with E-state index in [4.69, 9.17) is 0 Å². The number of rotatable bonds is 2. The Bertz CT molecular complexity index is 292. The van der Waals surface area contributed by atoms with Gasteiger partial charge in [0.2, 0.25) is 0 Å².